The first-order valence-corrected chi connectivity index (χ1v) is 7.27. The van der Waals surface area contributed by atoms with Crippen molar-refractivity contribution < 1.29 is 9.21 Å². The molecule has 0 atom stereocenters. The number of benzene rings is 1. The number of hydrogen-bond acceptors (Lipinski definition) is 3. The molecule has 0 aliphatic carbocycles. The summed E-state index contributed by atoms with van der Waals surface area (Å²) in [5.41, 5.74) is 1.90. The van der Waals surface area contributed by atoms with E-state index < -0.39 is 0 Å². The monoisotopic (exact) mass is 261 g/mol. The molecule has 0 bridgehead atoms. The van der Waals surface area contributed by atoms with Crippen LogP contribution in [0.5, 0.6) is 0 Å². The van der Waals surface area contributed by atoms with Crippen LogP contribution in [0.1, 0.15) is 16.1 Å². The van der Waals surface area contributed by atoms with Gasteiger partial charge in [0.15, 0.2) is 5.76 Å². The Hall–Kier alpha value is -1.42. The molecule has 94 valence electrons. The number of para-hydroxylation sites is 1. The minimum absolute atomic E-state index is 0.0194. The summed E-state index contributed by atoms with van der Waals surface area (Å²) in [6.45, 7) is 3.64. The van der Waals surface area contributed by atoms with Crippen LogP contribution in [-0.2, 0) is 0 Å². The van der Waals surface area contributed by atoms with Crippen LogP contribution in [0.25, 0.3) is 11.0 Å². The molecule has 1 aliphatic rings. The minimum Gasteiger partial charge on any atom is -0.451 e. The van der Waals surface area contributed by atoms with Gasteiger partial charge in [0, 0.05) is 30.0 Å². The molecule has 4 heteroatoms. The van der Waals surface area contributed by atoms with E-state index in [4.69, 9.17) is 4.42 Å². The summed E-state index contributed by atoms with van der Waals surface area (Å²) in [7, 11) is 0. The highest BCUT2D eigenvalue weighted by atomic mass is 32.2. The van der Waals surface area contributed by atoms with Crippen LogP contribution in [0.2, 0.25) is 0 Å². The van der Waals surface area contributed by atoms with E-state index in [0.29, 0.717) is 5.76 Å². The van der Waals surface area contributed by atoms with Crippen molar-refractivity contribution >= 4 is 28.6 Å². The van der Waals surface area contributed by atoms with Gasteiger partial charge < -0.3 is 9.32 Å². The fraction of sp³-hybridized carbons (Fsp3) is 0.357. The van der Waals surface area contributed by atoms with Crippen LogP contribution in [0, 0.1) is 6.92 Å². The quantitative estimate of drug-likeness (QED) is 0.791. The second-order valence-electron chi connectivity index (χ2n) is 4.51. The molecule has 18 heavy (non-hydrogen) atoms. The molecule has 3 rings (SSSR count). The fourth-order valence-corrected chi connectivity index (χ4v) is 3.14. The van der Waals surface area contributed by atoms with Crippen molar-refractivity contribution in [2.24, 2.45) is 0 Å². The van der Waals surface area contributed by atoms with Crippen LogP contribution in [0.4, 0.5) is 0 Å². The second-order valence-corrected chi connectivity index (χ2v) is 5.73. The van der Waals surface area contributed by atoms with E-state index in [1.165, 1.54) is 0 Å². The van der Waals surface area contributed by atoms with Crippen molar-refractivity contribution in [2.75, 3.05) is 24.6 Å². The molecule has 1 aliphatic heterocycles. The Morgan fingerprint density at radius 1 is 1.33 bits per heavy atom. The zero-order valence-electron chi connectivity index (χ0n) is 10.3. The SMILES string of the molecule is Cc1cccc2cc(C(=O)N3CCSCC3)oc12. The number of aryl methyl sites for hydroxylation is 1. The van der Waals surface area contributed by atoms with Crippen molar-refractivity contribution in [1.82, 2.24) is 4.90 Å². The molecular formula is C14H15NO2S. The molecule has 0 N–H and O–H groups in total. The van der Waals surface area contributed by atoms with Crippen LogP contribution >= 0.6 is 11.8 Å². The van der Waals surface area contributed by atoms with E-state index >= 15 is 0 Å². The number of fused-ring (bicyclic) bond motifs is 1. The molecule has 1 aromatic heterocycles. The highest BCUT2D eigenvalue weighted by molar-refractivity contribution is 7.99. The van der Waals surface area contributed by atoms with E-state index in [1.807, 2.05) is 47.9 Å². The molecule has 0 radical (unpaired) electrons. The van der Waals surface area contributed by atoms with Crippen molar-refractivity contribution in [3.8, 4) is 0 Å². The Labute approximate surface area is 110 Å². The lowest BCUT2D eigenvalue weighted by atomic mass is 10.2. The van der Waals surface area contributed by atoms with Gasteiger partial charge in [-0.1, -0.05) is 18.2 Å². The third-order valence-electron chi connectivity index (χ3n) is 3.25. The molecule has 1 aromatic carbocycles. The van der Waals surface area contributed by atoms with Crippen molar-refractivity contribution in [2.45, 2.75) is 6.92 Å². The number of amides is 1. The molecule has 0 saturated carbocycles. The summed E-state index contributed by atoms with van der Waals surface area (Å²) in [6, 6.07) is 7.82. The zero-order chi connectivity index (χ0) is 12.5. The summed E-state index contributed by atoms with van der Waals surface area (Å²) in [6.07, 6.45) is 0. The molecule has 2 aromatic rings. The van der Waals surface area contributed by atoms with E-state index in [1.54, 1.807) is 0 Å². The Kier molecular flexibility index (Phi) is 3.04. The lowest BCUT2D eigenvalue weighted by Crippen LogP contribution is -2.37. The summed E-state index contributed by atoms with van der Waals surface area (Å²) < 4.78 is 5.72. The Morgan fingerprint density at radius 3 is 2.83 bits per heavy atom. The first-order chi connectivity index (χ1) is 8.75. The summed E-state index contributed by atoms with van der Waals surface area (Å²) >= 11 is 1.89. The third kappa shape index (κ3) is 2.01. The molecule has 1 amide bonds. The predicted octanol–water partition coefficient (Wildman–Crippen LogP) is 2.93. The maximum absolute atomic E-state index is 12.3. The van der Waals surface area contributed by atoms with Gasteiger partial charge in [0.05, 0.1) is 0 Å². The van der Waals surface area contributed by atoms with Gasteiger partial charge in [-0.2, -0.15) is 11.8 Å². The Balaban J connectivity index is 1.94. The average molecular weight is 261 g/mol. The van der Waals surface area contributed by atoms with Gasteiger partial charge in [-0.25, -0.2) is 0 Å². The second kappa shape index (κ2) is 4.69. The summed E-state index contributed by atoms with van der Waals surface area (Å²) in [4.78, 5) is 14.2. The van der Waals surface area contributed by atoms with E-state index in [2.05, 4.69) is 0 Å². The lowest BCUT2D eigenvalue weighted by Gasteiger charge is -2.25. The van der Waals surface area contributed by atoms with Crippen LogP contribution < -0.4 is 0 Å². The Morgan fingerprint density at radius 2 is 2.11 bits per heavy atom. The lowest BCUT2D eigenvalue weighted by molar-refractivity contribution is 0.0743. The fourth-order valence-electron chi connectivity index (χ4n) is 2.24. The van der Waals surface area contributed by atoms with Crippen LogP contribution in [-0.4, -0.2) is 35.4 Å². The highest BCUT2D eigenvalue weighted by Gasteiger charge is 2.21. The van der Waals surface area contributed by atoms with Crippen LogP contribution in [0.15, 0.2) is 28.7 Å². The molecule has 0 spiro atoms. The molecule has 0 unspecified atom stereocenters. The largest absolute Gasteiger partial charge is 0.451 e. The van der Waals surface area contributed by atoms with Crippen molar-refractivity contribution in [3.05, 3.63) is 35.6 Å². The van der Waals surface area contributed by atoms with Gasteiger partial charge in [-0.3, -0.25) is 4.79 Å². The number of carbonyl (C=O) groups is 1. The summed E-state index contributed by atoms with van der Waals surface area (Å²) in [5, 5.41) is 1.00. The minimum atomic E-state index is 0.0194. The van der Waals surface area contributed by atoms with E-state index in [0.717, 1.165) is 41.1 Å². The van der Waals surface area contributed by atoms with Crippen molar-refractivity contribution in [1.29, 1.82) is 0 Å². The Bertz CT molecular complexity index is 584. The van der Waals surface area contributed by atoms with Gasteiger partial charge in [0.1, 0.15) is 5.58 Å². The molecule has 1 fully saturated rings. The van der Waals surface area contributed by atoms with Gasteiger partial charge in [0.25, 0.3) is 5.91 Å². The third-order valence-corrected chi connectivity index (χ3v) is 4.19. The van der Waals surface area contributed by atoms with Crippen molar-refractivity contribution in [3.63, 3.8) is 0 Å². The molecule has 2 heterocycles. The van der Waals surface area contributed by atoms with E-state index in [9.17, 15) is 4.79 Å². The topological polar surface area (TPSA) is 33.5 Å². The zero-order valence-corrected chi connectivity index (χ0v) is 11.1. The normalized spacial score (nSPS) is 16.2. The maximum Gasteiger partial charge on any atom is 0.289 e. The van der Waals surface area contributed by atoms with Crippen LogP contribution in [0.3, 0.4) is 0 Å². The smallest absolute Gasteiger partial charge is 0.289 e. The number of carbonyl (C=O) groups excluding carboxylic acids is 1. The number of furan rings is 1. The summed E-state index contributed by atoms with van der Waals surface area (Å²) in [5.74, 6) is 2.52. The van der Waals surface area contributed by atoms with Gasteiger partial charge in [0.2, 0.25) is 0 Å². The van der Waals surface area contributed by atoms with Gasteiger partial charge >= 0.3 is 0 Å². The first kappa shape index (κ1) is 11.7. The van der Waals surface area contributed by atoms with Gasteiger partial charge in [-0.15, -0.1) is 0 Å². The number of thioether (sulfide) groups is 1. The molecular weight excluding hydrogens is 246 g/mol. The number of hydrogen-bond donors (Lipinski definition) is 0. The first-order valence-electron chi connectivity index (χ1n) is 6.12. The number of rotatable bonds is 1. The highest BCUT2D eigenvalue weighted by Crippen LogP contribution is 2.24. The van der Waals surface area contributed by atoms with E-state index in [-0.39, 0.29) is 5.91 Å². The maximum atomic E-state index is 12.3. The average Bonchev–Trinajstić information content (AvgIpc) is 2.84. The standard InChI is InChI=1S/C14H15NO2S/c1-10-3-2-4-11-9-12(17-13(10)11)14(16)15-5-7-18-8-6-15/h2-4,9H,5-8H2,1H3. The molecule has 3 nitrogen and oxygen atoms in total. The number of nitrogens with zero attached hydrogens (tertiary/aromatic N) is 1. The molecule has 1 saturated heterocycles. The van der Waals surface area contributed by atoms with Gasteiger partial charge in [-0.05, 0) is 18.6 Å². The predicted molar refractivity (Wildman–Crippen MR) is 74.2 cm³/mol.